The average molecular weight is 342 g/mol. The molecule has 17 heavy (non-hydrogen) atoms. The van der Waals surface area contributed by atoms with Crippen LogP contribution >= 0.6 is 0 Å². The van der Waals surface area contributed by atoms with Crippen LogP contribution in [0.1, 0.15) is 0 Å². The van der Waals surface area contributed by atoms with Gasteiger partial charge in [0, 0.05) is 0 Å². The fourth-order valence-electron chi connectivity index (χ4n) is 0. The molecule has 0 rings (SSSR count). The Kier molecular flexibility index (Phi) is 329. The van der Waals surface area contributed by atoms with E-state index < -0.39 is 0 Å². The maximum absolute atomic E-state index is 7.88. The molecule has 100 valence electrons. The van der Waals surface area contributed by atoms with E-state index in [9.17, 15) is 0 Å². The minimum absolute atomic E-state index is 0. The second-order valence-electron chi connectivity index (χ2n) is 0.340. The average Bonchev–Trinajstić information content (AvgIpc) is 2.09. The van der Waals surface area contributed by atoms with Crippen molar-refractivity contribution in [2.45, 2.75) is 0 Å². The van der Waals surface area contributed by atoms with Gasteiger partial charge < -0.3 is 77.8 Å². The first-order valence-corrected chi connectivity index (χ1v) is 1.67. The second-order valence-corrected chi connectivity index (χ2v) is 0.340. The summed E-state index contributed by atoms with van der Waals surface area (Å²) in [5, 5.41) is 87.5. The van der Waals surface area contributed by atoms with E-state index in [0.29, 0.717) is 0 Å². The van der Waals surface area contributed by atoms with Gasteiger partial charge in [-0.3, -0.25) is 0 Å². The molecule has 0 spiro atoms. The predicted octanol–water partition coefficient (Wildman–Crippen LogP) is -12.2. The Morgan fingerprint density at radius 1 is 0.294 bits per heavy atom. The minimum atomic E-state index is 0. The van der Waals surface area contributed by atoms with Crippen LogP contribution in [0, 0.1) is 0 Å². The second kappa shape index (κ2) is 130. The summed E-state index contributed by atoms with van der Waals surface area (Å²) in [6.07, 6.45) is 0. The van der Waals surface area contributed by atoms with Crippen molar-refractivity contribution in [3.8, 4) is 0 Å². The molecule has 0 heterocycles. The molecule has 0 aromatic rings. The topological polar surface area (TPSA) is 277 Å². The molecule has 15 nitrogen and oxygen atoms in total. The van der Waals surface area contributed by atoms with Crippen molar-refractivity contribution in [2.75, 3.05) is 0 Å². The molecule has 0 bridgehead atoms. The van der Waals surface area contributed by atoms with Gasteiger partial charge in [-0.15, -0.1) is 0 Å². The van der Waals surface area contributed by atoms with Crippen LogP contribution in [-0.4, -0.2) is 0 Å². The standard InChI is InChI=1S/5H2O3.2V/c5*1-3-2;;/h5*1-2H;;/q;;;;;2*+5/p-10. The molecule has 0 aromatic heterocycles. The zero-order valence-electron chi connectivity index (χ0n) is 7.02. The van der Waals surface area contributed by atoms with Gasteiger partial charge in [0.2, 0.25) is 0 Å². The molecule has 0 saturated heterocycles. The van der Waals surface area contributed by atoms with Crippen LogP contribution in [0.15, 0.2) is 0 Å². The van der Waals surface area contributed by atoms with E-state index in [1.807, 2.05) is 0 Å². The summed E-state index contributed by atoms with van der Waals surface area (Å²) in [6.45, 7) is 0. The summed E-state index contributed by atoms with van der Waals surface area (Å²) in [5.41, 5.74) is 0. The largest absolute Gasteiger partial charge is 5.00 e. The molecule has 0 N–H and O–H groups in total. The molecule has 0 aromatic carbocycles. The van der Waals surface area contributed by atoms with E-state index in [1.165, 1.54) is 0 Å². The summed E-state index contributed by atoms with van der Waals surface area (Å²) in [5.74, 6) is 0. The van der Waals surface area contributed by atoms with Crippen LogP contribution in [0.5, 0.6) is 0 Å². The van der Waals surface area contributed by atoms with Gasteiger partial charge in [0.25, 0.3) is 0 Å². The quantitative estimate of drug-likeness (QED) is 0.291. The summed E-state index contributed by atoms with van der Waals surface area (Å²) in [4.78, 5) is 0. The zero-order chi connectivity index (χ0) is 13.5. The molecule has 0 radical (unpaired) electrons. The van der Waals surface area contributed by atoms with Gasteiger partial charge in [-0.1, -0.05) is 0 Å². The Balaban J connectivity index is -0.0000000143. The monoisotopic (exact) mass is 342 g/mol. The Morgan fingerprint density at radius 2 is 0.294 bits per heavy atom. The summed E-state index contributed by atoms with van der Waals surface area (Å²) in [6, 6.07) is 0. The van der Waals surface area contributed by atoms with Crippen LogP contribution in [0.3, 0.4) is 0 Å². The third kappa shape index (κ3) is 10900. The molecular weight excluding hydrogens is 342 g/mol. The fourth-order valence-corrected chi connectivity index (χ4v) is 0. The molecule has 0 atom stereocenters. The molecule has 0 fully saturated rings. The number of rotatable bonds is 0. The third-order valence-electron chi connectivity index (χ3n) is 0. The predicted molar refractivity (Wildman–Crippen MR) is 5.42 cm³/mol. The van der Waals surface area contributed by atoms with Crippen molar-refractivity contribution in [1.82, 2.24) is 0 Å². The molecular formula is O15V2. The van der Waals surface area contributed by atoms with Crippen molar-refractivity contribution in [3.63, 3.8) is 0 Å². The molecule has 0 aliphatic heterocycles. The van der Waals surface area contributed by atoms with Crippen molar-refractivity contribution in [3.05, 3.63) is 0 Å². The van der Waals surface area contributed by atoms with Crippen molar-refractivity contribution in [1.29, 1.82) is 0 Å². The summed E-state index contributed by atoms with van der Waals surface area (Å²) < 4.78 is 0. The zero-order valence-corrected chi connectivity index (χ0v) is 9.81. The molecule has 17 heteroatoms. The first kappa shape index (κ1) is 43.2. The van der Waals surface area contributed by atoms with E-state index in [-0.39, 0.29) is 37.1 Å². The summed E-state index contributed by atoms with van der Waals surface area (Å²) in [7, 11) is 0. The van der Waals surface area contributed by atoms with Crippen LogP contribution in [-0.2, 0) is 62.3 Å². The fraction of sp³-hybridized carbons (Fsp3) is 0. The van der Waals surface area contributed by atoms with E-state index in [2.05, 4.69) is 0 Å². The molecule has 0 aliphatic rings. The van der Waals surface area contributed by atoms with Crippen LogP contribution in [0.4, 0.5) is 0 Å². The molecule has 0 amide bonds. The van der Waals surface area contributed by atoms with Gasteiger partial charge in [-0.25, -0.2) is 0 Å². The van der Waals surface area contributed by atoms with Gasteiger partial charge in [0.05, 0.1) is 0 Å². The van der Waals surface area contributed by atoms with E-state index in [0.717, 1.165) is 0 Å². The van der Waals surface area contributed by atoms with Gasteiger partial charge in [-0.05, 0) is 0 Å². The Labute approximate surface area is 115 Å². The Morgan fingerprint density at radius 3 is 0.294 bits per heavy atom. The SMILES string of the molecule is [O-]O[O-].[O-]O[O-].[O-]O[O-].[O-]O[O-].[O-]O[O-].[V+5].[V+5]. The Hall–Kier alpha value is 0.569. The van der Waals surface area contributed by atoms with Gasteiger partial charge in [0.15, 0.2) is 0 Å². The Bertz CT molecular complexity index is 20.5. The first-order chi connectivity index (χ1) is 7.07. The van der Waals surface area contributed by atoms with E-state index in [1.54, 1.807) is 25.2 Å². The van der Waals surface area contributed by atoms with Crippen molar-refractivity contribution < 1.29 is 115 Å². The molecule has 0 unspecified atom stereocenters. The number of hydrogen-bond acceptors (Lipinski definition) is 15. The smallest absolute Gasteiger partial charge is 0.734 e. The summed E-state index contributed by atoms with van der Waals surface area (Å²) >= 11 is 0. The van der Waals surface area contributed by atoms with Crippen LogP contribution < -0.4 is 52.6 Å². The van der Waals surface area contributed by atoms with E-state index in [4.69, 9.17) is 52.6 Å². The van der Waals surface area contributed by atoms with Crippen LogP contribution in [0.25, 0.3) is 0 Å². The maximum atomic E-state index is 7.88. The van der Waals surface area contributed by atoms with Crippen molar-refractivity contribution >= 4 is 0 Å². The minimum Gasteiger partial charge on any atom is -0.734 e. The first-order valence-electron chi connectivity index (χ1n) is 1.67. The van der Waals surface area contributed by atoms with Gasteiger partial charge in [0.1, 0.15) is 0 Å². The van der Waals surface area contributed by atoms with E-state index >= 15 is 0 Å². The van der Waals surface area contributed by atoms with Crippen LogP contribution in [0.2, 0.25) is 0 Å². The number of hydrogen-bond donors (Lipinski definition) is 0. The van der Waals surface area contributed by atoms with Gasteiger partial charge >= 0.3 is 37.1 Å². The van der Waals surface area contributed by atoms with Gasteiger partial charge in [-0.2, -0.15) is 0 Å². The van der Waals surface area contributed by atoms with Crippen molar-refractivity contribution in [2.24, 2.45) is 0 Å². The molecule has 0 aliphatic carbocycles. The maximum Gasteiger partial charge on any atom is 5.00 e. The third-order valence-corrected chi connectivity index (χ3v) is 0. The normalized spacial score (nSPS) is 5.29. The molecule has 0 saturated carbocycles.